The summed E-state index contributed by atoms with van der Waals surface area (Å²) in [4.78, 5) is 13.3. The molecule has 0 bridgehead atoms. The van der Waals surface area contributed by atoms with Crippen LogP contribution in [0.2, 0.25) is 0 Å². The van der Waals surface area contributed by atoms with Gasteiger partial charge in [0.2, 0.25) is 0 Å². The lowest BCUT2D eigenvalue weighted by atomic mass is 10.2. The molecule has 112 valence electrons. The zero-order valence-corrected chi connectivity index (χ0v) is 12.6. The zero-order valence-electron chi connectivity index (χ0n) is 12.6. The molecule has 1 aliphatic rings. The molecule has 0 aromatic heterocycles. The Bertz CT molecular complexity index is 269. The Labute approximate surface area is 116 Å². The maximum absolute atomic E-state index is 11.7. The van der Waals surface area contributed by atoms with Crippen LogP contribution in [-0.2, 0) is 14.2 Å². The molecule has 5 nitrogen and oxygen atoms in total. The average Bonchev–Trinajstić information content (AvgIpc) is 2.22. The number of rotatable bonds is 7. The molecule has 0 unspecified atom stereocenters. The molecule has 0 aromatic carbocycles. The van der Waals surface area contributed by atoms with E-state index in [1.54, 1.807) is 4.90 Å². The van der Waals surface area contributed by atoms with E-state index in [0.717, 1.165) is 19.4 Å². The number of hydrogen-bond acceptors (Lipinski definition) is 4. The summed E-state index contributed by atoms with van der Waals surface area (Å²) in [5.74, 6) is 0. The number of carbonyl (C=O) groups excluding carboxylic acids is 1. The van der Waals surface area contributed by atoms with Gasteiger partial charge in [0.1, 0.15) is 5.60 Å². The van der Waals surface area contributed by atoms with Crippen LogP contribution in [0.15, 0.2) is 0 Å². The number of nitrogens with zero attached hydrogens (tertiary/aromatic N) is 1. The minimum atomic E-state index is -0.434. The third kappa shape index (κ3) is 6.78. The smallest absolute Gasteiger partial charge is 0.410 e. The van der Waals surface area contributed by atoms with Gasteiger partial charge >= 0.3 is 6.09 Å². The molecule has 0 aliphatic carbocycles. The van der Waals surface area contributed by atoms with Crippen LogP contribution < -0.4 is 0 Å². The van der Waals surface area contributed by atoms with Crippen molar-refractivity contribution in [3.63, 3.8) is 0 Å². The standard InChI is InChI=1S/C14H27NO4/c1-5-6-7-17-8-9-18-12-10-15(11-12)13(16)19-14(2,3)4/h12H,5-11H2,1-4H3. The van der Waals surface area contributed by atoms with Crippen molar-refractivity contribution in [1.29, 1.82) is 0 Å². The summed E-state index contributed by atoms with van der Waals surface area (Å²) in [5.41, 5.74) is -0.434. The van der Waals surface area contributed by atoms with E-state index in [2.05, 4.69) is 6.92 Å². The minimum Gasteiger partial charge on any atom is -0.444 e. The molecule has 0 spiro atoms. The van der Waals surface area contributed by atoms with Crippen LogP contribution >= 0.6 is 0 Å². The zero-order chi connectivity index (χ0) is 14.3. The predicted octanol–water partition coefficient (Wildman–Crippen LogP) is 2.44. The first-order valence-electron chi connectivity index (χ1n) is 7.09. The highest BCUT2D eigenvalue weighted by Crippen LogP contribution is 2.16. The number of unbranched alkanes of at least 4 members (excludes halogenated alkanes) is 1. The summed E-state index contributed by atoms with van der Waals surface area (Å²) in [6.45, 7) is 11.0. The van der Waals surface area contributed by atoms with E-state index in [1.165, 1.54) is 0 Å². The monoisotopic (exact) mass is 273 g/mol. The summed E-state index contributed by atoms with van der Waals surface area (Å²) in [6.07, 6.45) is 2.11. The molecule has 0 aromatic rings. The maximum atomic E-state index is 11.7. The number of ether oxygens (including phenoxy) is 3. The lowest BCUT2D eigenvalue weighted by molar-refractivity contribution is -0.0750. The van der Waals surface area contributed by atoms with E-state index in [4.69, 9.17) is 14.2 Å². The molecule has 1 amide bonds. The van der Waals surface area contributed by atoms with Crippen LogP contribution in [0.4, 0.5) is 4.79 Å². The fourth-order valence-corrected chi connectivity index (χ4v) is 1.64. The van der Waals surface area contributed by atoms with Crippen molar-refractivity contribution in [3.05, 3.63) is 0 Å². The van der Waals surface area contributed by atoms with Crippen LogP contribution in [0.3, 0.4) is 0 Å². The summed E-state index contributed by atoms with van der Waals surface area (Å²) >= 11 is 0. The Morgan fingerprint density at radius 3 is 2.47 bits per heavy atom. The lowest BCUT2D eigenvalue weighted by Crippen LogP contribution is -2.56. The van der Waals surface area contributed by atoms with Crippen molar-refractivity contribution in [3.8, 4) is 0 Å². The molecule has 1 heterocycles. The normalized spacial score (nSPS) is 16.3. The van der Waals surface area contributed by atoms with Gasteiger partial charge in [-0.15, -0.1) is 0 Å². The van der Waals surface area contributed by atoms with Crippen molar-refractivity contribution in [2.24, 2.45) is 0 Å². The number of carbonyl (C=O) groups is 1. The van der Waals surface area contributed by atoms with Crippen LogP contribution in [-0.4, -0.2) is 55.6 Å². The molecule has 0 saturated carbocycles. The fourth-order valence-electron chi connectivity index (χ4n) is 1.64. The molecule has 19 heavy (non-hydrogen) atoms. The molecule has 1 rings (SSSR count). The summed E-state index contributed by atoms with van der Waals surface area (Å²) in [6, 6.07) is 0. The van der Waals surface area contributed by atoms with Gasteiger partial charge in [-0.25, -0.2) is 4.79 Å². The summed E-state index contributed by atoms with van der Waals surface area (Å²) in [7, 11) is 0. The van der Waals surface area contributed by atoms with Gasteiger partial charge in [-0.1, -0.05) is 13.3 Å². The van der Waals surface area contributed by atoms with Crippen molar-refractivity contribution >= 4 is 6.09 Å². The molecule has 0 atom stereocenters. The van der Waals surface area contributed by atoms with E-state index in [0.29, 0.717) is 26.3 Å². The first-order valence-corrected chi connectivity index (χ1v) is 7.09. The molecule has 1 saturated heterocycles. The van der Waals surface area contributed by atoms with E-state index >= 15 is 0 Å². The number of hydrogen-bond donors (Lipinski definition) is 0. The first kappa shape index (κ1) is 16.2. The first-order chi connectivity index (χ1) is 8.92. The Balaban J connectivity index is 1.99. The molecule has 0 N–H and O–H groups in total. The van der Waals surface area contributed by atoms with Crippen LogP contribution in [0.1, 0.15) is 40.5 Å². The van der Waals surface area contributed by atoms with Gasteiger partial charge in [0.25, 0.3) is 0 Å². The van der Waals surface area contributed by atoms with Crippen molar-refractivity contribution in [2.45, 2.75) is 52.2 Å². The van der Waals surface area contributed by atoms with Crippen molar-refractivity contribution in [1.82, 2.24) is 4.90 Å². The van der Waals surface area contributed by atoms with Crippen LogP contribution in [0.5, 0.6) is 0 Å². The summed E-state index contributed by atoms with van der Waals surface area (Å²) in [5, 5.41) is 0. The van der Waals surface area contributed by atoms with Gasteiger partial charge in [0.05, 0.1) is 32.4 Å². The van der Waals surface area contributed by atoms with Crippen molar-refractivity contribution in [2.75, 3.05) is 32.9 Å². The van der Waals surface area contributed by atoms with E-state index in [-0.39, 0.29) is 12.2 Å². The second kappa shape index (κ2) is 7.70. The Kier molecular flexibility index (Phi) is 6.58. The van der Waals surface area contributed by atoms with Gasteiger partial charge in [-0.2, -0.15) is 0 Å². The SMILES string of the molecule is CCCCOCCOC1CN(C(=O)OC(C)(C)C)C1. The van der Waals surface area contributed by atoms with E-state index in [1.807, 2.05) is 20.8 Å². The van der Waals surface area contributed by atoms with Gasteiger partial charge < -0.3 is 19.1 Å². The highest BCUT2D eigenvalue weighted by Gasteiger charge is 2.34. The topological polar surface area (TPSA) is 48.0 Å². The molecule has 1 fully saturated rings. The largest absolute Gasteiger partial charge is 0.444 e. The van der Waals surface area contributed by atoms with Crippen molar-refractivity contribution < 1.29 is 19.0 Å². The molecular formula is C14H27NO4. The quantitative estimate of drug-likeness (QED) is 0.668. The number of amides is 1. The van der Waals surface area contributed by atoms with Gasteiger partial charge in [0.15, 0.2) is 0 Å². The Hall–Kier alpha value is -0.810. The lowest BCUT2D eigenvalue weighted by Gasteiger charge is -2.39. The second-order valence-electron chi connectivity index (χ2n) is 5.84. The Morgan fingerprint density at radius 1 is 1.21 bits per heavy atom. The molecular weight excluding hydrogens is 246 g/mol. The Morgan fingerprint density at radius 2 is 1.89 bits per heavy atom. The summed E-state index contributed by atoms with van der Waals surface area (Å²) < 4.78 is 16.3. The third-order valence-corrected chi connectivity index (χ3v) is 2.72. The second-order valence-corrected chi connectivity index (χ2v) is 5.84. The van der Waals surface area contributed by atoms with Gasteiger partial charge in [-0.3, -0.25) is 0 Å². The molecule has 0 radical (unpaired) electrons. The predicted molar refractivity (Wildman–Crippen MR) is 73.3 cm³/mol. The number of likely N-dealkylation sites (tertiary alicyclic amines) is 1. The van der Waals surface area contributed by atoms with Crippen LogP contribution in [0.25, 0.3) is 0 Å². The van der Waals surface area contributed by atoms with Crippen LogP contribution in [0, 0.1) is 0 Å². The van der Waals surface area contributed by atoms with Gasteiger partial charge in [0, 0.05) is 6.61 Å². The fraction of sp³-hybridized carbons (Fsp3) is 0.929. The highest BCUT2D eigenvalue weighted by atomic mass is 16.6. The molecule has 1 aliphatic heterocycles. The highest BCUT2D eigenvalue weighted by molar-refractivity contribution is 5.69. The maximum Gasteiger partial charge on any atom is 0.410 e. The average molecular weight is 273 g/mol. The van der Waals surface area contributed by atoms with E-state index in [9.17, 15) is 4.79 Å². The minimum absolute atomic E-state index is 0.127. The van der Waals surface area contributed by atoms with E-state index < -0.39 is 5.60 Å². The molecule has 5 heteroatoms. The third-order valence-electron chi connectivity index (χ3n) is 2.72. The van der Waals surface area contributed by atoms with Gasteiger partial charge in [-0.05, 0) is 27.2 Å².